The molecule has 3 aromatic carbocycles. The van der Waals surface area contributed by atoms with Crippen molar-refractivity contribution in [3.05, 3.63) is 143 Å². The third kappa shape index (κ3) is 9.01. The molecule has 1 aliphatic carbocycles. The van der Waals surface area contributed by atoms with Crippen molar-refractivity contribution in [2.24, 2.45) is 5.92 Å². The van der Waals surface area contributed by atoms with Gasteiger partial charge in [-0.2, -0.15) is 0 Å². The number of ketones is 2. The molecule has 3 aromatic rings. The van der Waals surface area contributed by atoms with E-state index in [-0.39, 0.29) is 23.7 Å². The van der Waals surface area contributed by atoms with Crippen LogP contribution in [-0.2, 0) is 14.4 Å². The van der Waals surface area contributed by atoms with Gasteiger partial charge in [0.2, 0.25) is 5.91 Å². The molecule has 0 radical (unpaired) electrons. The number of allylic oxidation sites excluding steroid dienone is 4. The molecular formula is C35H31NO7. The van der Waals surface area contributed by atoms with Crippen molar-refractivity contribution in [1.82, 2.24) is 5.32 Å². The van der Waals surface area contributed by atoms with Crippen LogP contribution in [0.4, 0.5) is 0 Å². The number of benzene rings is 3. The molecule has 4 rings (SSSR count). The zero-order chi connectivity index (χ0) is 30.8. The van der Waals surface area contributed by atoms with Crippen LogP contribution in [0.15, 0.2) is 127 Å². The first-order chi connectivity index (χ1) is 20.7. The van der Waals surface area contributed by atoms with Gasteiger partial charge in [-0.25, -0.2) is 0 Å². The van der Waals surface area contributed by atoms with Crippen molar-refractivity contribution in [3.63, 3.8) is 0 Å². The molecule has 0 aliphatic heterocycles. The number of rotatable bonds is 11. The molecule has 8 nitrogen and oxygen atoms in total. The molecule has 0 heterocycles. The standard InChI is InChI=1S/C35H31NO7/c37-27-17-24(18-28(38)21-27)11-14-31(41)34(32(42)15-12-25-19-29(39)22-30(40)20-25)35(26-9-5-2-6-10-26)36-33(43)16-13-23-7-3-1-4-8-23/h1-19,21-22,30,34-35,37-40H,20H2,(H,36,43)/b14-11+,15-12+,16-13+. The van der Waals surface area contributed by atoms with Crippen LogP contribution in [0.3, 0.4) is 0 Å². The number of amides is 1. The third-order valence-electron chi connectivity index (χ3n) is 6.60. The van der Waals surface area contributed by atoms with Gasteiger partial charge in [0.1, 0.15) is 23.2 Å². The fourth-order valence-electron chi connectivity index (χ4n) is 4.63. The van der Waals surface area contributed by atoms with E-state index >= 15 is 0 Å². The van der Waals surface area contributed by atoms with Gasteiger partial charge in [0.05, 0.1) is 12.1 Å². The van der Waals surface area contributed by atoms with Gasteiger partial charge in [-0.1, -0.05) is 72.8 Å². The Kier molecular flexibility index (Phi) is 10.2. The van der Waals surface area contributed by atoms with Gasteiger partial charge in [0.15, 0.2) is 11.6 Å². The highest BCUT2D eigenvalue weighted by molar-refractivity contribution is 6.13. The Labute approximate surface area is 249 Å². The lowest BCUT2D eigenvalue weighted by Gasteiger charge is -2.25. The normalized spacial score (nSPS) is 16.5. The lowest BCUT2D eigenvalue weighted by Crippen LogP contribution is -2.39. The number of hydrogen-bond donors (Lipinski definition) is 5. The summed E-state index contributed by atoms with van der Waals surface area (Å²) >= 11 is 0. The second kappa shape index (κ2) is 14.4. The lowest BCUT2D eigenvalue weighted by molar-refractivity contribution is -0.129. The fraction of sp³-hybridized carbons (Fsp3) is 0.114. The van der Waals surface area contributed by atoms with Gasteiger partial charge in [-0.05, 0) is 64.8 Å². The Hall–Kier alpha value is -5.47. The monoisotopic (exact) mass is 577 g/mol. The minimum atomic E-state index is -1.41. The van der Waals surface area contributed by atoms with Gasteiger partial charge in [0.25, 0.3) is 0 Å². The van der Waals surface area contributed by atoms with Crippen molar-refractivity contribution in [2.75, 3.05) is 0 Å². The summed E-state index contributed by atoms with van der Waals surface area (Å²) in [5.41, 5.74) is 2.10. The third-order valence-corrected chi connectivity index (χ3v) is 6.60. The number of nitrogens with one attached hydrogen (secondary N) is 1. The number of phenols is 2. The van der Waals surface area contributed by atoms with Gasteiger partial charge in [-0.15, -0.1) is 0 Å². The number of hydrogen-bond acceptors (Lipinski definition) is 7. The first-order valence-corrected chi connectivity index (χ1v) is 13.5. The summed E-state index contributed by atoms with van der Waals surface area (Å²) in [4.78, 5) is 40.5. The van der Waals surface area contributed by atoms with E-state index in [9.17, 15) is 34.8 Å². The van der Waals surface area contributed by atoms with E-state index < -0.39 is 35.5 Å². The van der Waals surface area contributed by atoms with E-state index in [1.54, 1.807) is 36.4 Å². The molecule has 0 saturated carbocycles. The summed E-state index contributed by atoms with van der Waals surface area (Å²) in [6, 6.07) is 20.5. The summed E-state index contributed by atoms with van der Waals surface area (Å²) in [5.74, 6) is -3.76. The minimum absolute atomic E-state index is 0.143. The molecule has 0 bridgehead atoms. The highest BCUT2D eigenvalue weighted by Crippen LogP contribution is 2.27. The van der Waals surface area contributed by atoms with Crippen LogP contribution in [-0.4, -0.2) is 44.0 Å². The molecule has 5 N–H and O–H groups in total. The maximum atomic E-state index is 13.7. The van der Waals surface area contributed by atoms with Crippen molar-refractivity contribution >= 4 is 29.6 Å². The molecule has 1 aliphatic rings. The summed E-state index contributed by atoms with van der Waals surface area (Å²) in [5, 5.41) is 42.2. The van der Waals surface area contributed by atoms with E-state index in [1.165, 1.54) is 48.6 Å². The Balaban J connectivity index is 1.70. The molecule has 0 saturated heterocycles. The van der Waals surface area contributed by atoms with Crippen molar-refractivity contribution in [2.45, 2.75) is 18.6 Å². The zero-order valence-electron chi connectivity index (χ0n) is 23.1. The minimum Gasteiger partial charge on any atom is -0.508 e. The van der Waals surface area contributed by atoms with Crippen LogP contribution in [0, 0.1) is 5.92 Å². The summed E-state index contributed by atoms with van der Waals surface area (Å²) < 4.78 is 0. The summed E-state index contributed by atoms with van der Waals surface area (Å²) in [6.45, 7) is 0. The van der Waals surface area contributed by atoms with Crippen LogP contribution in [0.5, 0.6) is 11.5 Å². The van der Waals surface area contributed by atoms with Crippen molar-refractivity contribution < 1.29 is 34.8 Å². The number of aromatic hydroxyl groups is 2. The first kappa shape index (κ1) is 30.5. The van der Waals surface area contributed by atoms with Gasteiger partial charge in [-0.3, -0.25) is 14.4 Å². The maximum absolute atomic E-state index is 13.7. The largest absolute Gasteiger partial charge is 0.508 e. The summed E-state index contributed by atoms with van der Waals surface area (Å²) in [7, 11) is 0. The highest BCUT2D eigenvalue weighted by Gasteiger charge is 2.34. The van der Waals surface area contributed by atoms with Gasteiger partial charge in [0, 0.05) is 18.6 Å². The predicted octanol–water partition coefficient (Wildman–Crippen LogP) is 5.13. The zero-order valence-corrected chi connectivity index (χ0v) is 23.1. The van der Waals surface area contributed by atoms with E-state index in [1.807, 2.05) is 30.3 Å². The molecular weight excluding hydrogens is 546 g/mol. The van der Waals surface area contributed by atoms with Crippen LogP contribution in [0.2, 0.25) is 0 Å². The SMILES string of the molecule is O=C(/C=C/c1ccccc1)NC(c1ccccc1)C(C(=O)/C=C/C1=CC(O)=CC(O)C1)C(=O)/C=C/c1cc(O)cc(O)c1. The molecule has 43 heavy (non-hydrogen) atoms. The second-order valence-corrected chi connectivity index (χ2v) is 9.96. The lowest BCUT2D eigenvalue weighted by atomic mass is 9.85. The van der Waals surface area contributed by atoms with Crippen molar-refractivity contribution in [3.8, 4) is 11.5 Å². The van der Waals surface area contributed by atoms with Crippen molar-refractivity contribution in [1.29, 1.82) is 0 Å². The molecule has 8 heteroatoms. The highest BCUT2D eigenvalue weighted by atomic mass is 16.3. The summed E-state index contributed by atoms with van der Waals surface area (Å²) in [6.07, 6.45) is 9.99. The first-order valence-electron chi connectivity index (χ1n) is 13.5. The quantitative estimate of drug-likeness (QED) is 0.157. The average molecular weight is 578 g/mol. The average Bonchev–Trinajstić information content (AvgIpc) is 2.97. The molecule has 0 fully saturated rings. The van der Waals surface area contributed by atoms with Crippen LogP contribution < -0.4 is 5.32 Å². The van der Waals surface area contributed by atoms with Crippen LogP contribution >= 0.6 is 0 Å². The maximum Gasteiger partial charge on any atom is 0.244 e. The number of phenolic OH excluding ortho intramolecular Hbond substituents is 2. The fourth-order valence-corrected chi connectivity index (χ4v) is 4.63. The number of carbonyl (C=O) groups is 3. The molecule has 0 spiro atoms. The molecule has 3 unspecified atom stereocenters. The van der Waals surface area contributed by atoms with Crippen LogP contribution in [0.25, 0.3) is 12.2 Å². The molecule has 3 atom stereocenters. The topological polar surface area (TPSA) is 144 Å². The second-order valence-electron chi connectivity index (χ2n) is 9.96. The predicted molar refractivity (Wildman–Crippen MR) is 164 cm³/mol. The Morgan fingerprint density at radius 3 is 1.95 bits per heavy atom. The molecule has 218 valence electrons. The smallest absolute Gasteiger partial charge is 0.244 e. The Bertz CT molecular complexity index is 1600. The van der Waals surface area contributed by atoms with Gasteiger partial charge >= 0.3 is 0 Å². The molecule has 1 amide bonds. The Morgan fingerprint density at radius 1 is 0.744 bits per heavy atom. The van der Waals surface area contributed by atoms with E-state index in [2.05, 4.69) is 5.32 Å². The van der Waals surface area contributed by atoms with Crippen LogP contribution in [0.1, 0.15) is 29.2 Å². The number of aliphatic hydroxyl groups excluding tert-OH is 2. The van der Waals surface area contributed by atoms with E-state index in [4.69, 9.17) is 0 Å². The Morgan fingerprint density at radius 2 is 1.33 bits per heavy atom. The van der Waals surface area contributed by atoms with Gasteiger partial charge < -0.3 is 25.7 Å². The van der Waals surface area contributed by atoms with E-state index in [0.29, 0.717) is 16.7 Å². The van der Waals surface area contributed by atoms with E-state index in [0.717, 1.165) is 17.7 Å². The molecule has 0 aromatic heterocycles. The number of aliphatic hydroxyl groups is 2. The number of carbonyl (C=O) groups excluding carboxylic acids is 3.